The average molecular weight is 236 g/mol. The molecule has 1 aromatic rings. The van der Waals surface area contributed by atoms with Crippen molar-refractivity contribution in [2.75, 3.05) is 11.9 Å². The van der Waals surface area contributed by atoms with Gasteiger partial charge in [0.25, 0.3) is 0 Å². The summed E-state index contributed by atoms with van der Waals surface area (Å²) in [5.41, 5.74) is -0.212. The number of hydrogen-bond acceptors (Lipinski definition) is 5. The maximum absolute atomic E-state index is 11.3. The van der Waals surface area contributed by atoms with Crippen LogP contribution in [-0.2, 0) is 14.3 Å². The molecule has 0 radical (unpaired) electrons. The Morgan fingerprint density at radius 3 is 2.53 bits per heavy atom. The summed E-state index contributed by atoms with van der Waals surface area (Å²) < 4.78 is 4.46. The second-order valence-corrected chi connectivity index (χ2v) is 3.01. The van der Waals surface area contributed by atoms with Crippen molar-refractivity contribution in [1.29, 1.82) is 0 Å². The van der Waals surface area contributed by atoms with Crippen LogP contribution in [0.15, 0.2) is 24.3 Å². The lowest BCUT2D eigenvalue weighted by molar-refractivity contribution is -0.254. The molecule has 0 aliphatic rings. The predicted octanol–water partition coefficient (Wildman–Crippen LogP) is -0.448. The maximum Gasteiger partial charge on any atom is 0.397 e. The highest BCUT2D eigenvalue weighted by molar-refractivity contribution is 6.37. The third-order valence-electron chi connectivity index (χ3n) is 1.86. The van der Waals surface area contributed by atoms with Crippen LogP contribution in [-0.4, -0.2) is 24.5 Å². The van der Waals surface area contributed by atoms with Gasteiger partial charge in [-0.1, -0.05) is 18.2 Å². The molecule has 0 saturated heterocycles. The first-order valence-electron chi connectivity index (χ1n) is 4.84. The van der Waals surface area contributed by atoms with Crippen LogP contribution < -0.4 is 10.4 Å². The van der Waals surface area contributed by atoms with Gasteiger partial charge in [0.2, 0.25) is 0 Å². The number of anilines is 1. The van der Waals surface area contributed by atoms with Crippen LogP contribution in [0.2, 0.25) is 0 Å². The minimum Gasteiger partial charge on any atom is -0.545 e. The van der Waals surface area contributed by atoms with E-state index in [0.717, 1.165) is 0 Å². The fourth-order valence-corrected chi connectivity index (χ4v) is 1.14. The quantitative estimate of drug-likeness (QED) is 0.566. The molecule has 6 nitrogen and oxygen atoms in total. The first-order chi connectivity index (χ1) is 8.06. The summed E-state index contributed by atoms with van der Waals surface area (Å²) in [7, 11) is 0. The normalized spacial score (nSPS) is 9.47. The van der Waals surface area contributed by atoms with Crippen LogP contribution in [0, 0.1) is 0 Å². The van der Waals surface area contributed by atoms with Gasteiger partial charge in [-0.2, -0.15) is 0 Å². The highest BCUT2D eigenvalue weighted by Gasteiger charge is 2.16. The second kappa shape index (κ2) is 5.64. The number of ether oxygens (including phenoxy) is 1. The van der Waals surface area contributed by atoms with Crippen molar-refractivity contribution in [1.82, 2.24) is 0 Å². The van der Waals surface area contributed by atoms with E-state index < -0.39 is 17.8 Å². The summed E-state index contributed by atoms with van der Waals surface area (Å²) in [5.74, 6) is -3.54. The van der Waals surface area contributed by atoms with E-state index in [1.54, 1.807) is 6.92 Å². The zero-order valence-electron chi connectivity index (χ0n) is 9.06. The number of hydrogen-bond donors (Lipinski definition) is 1. The van der Waals surface area contributed by atoms with Crippen molar-refractivity contribution in [2.45, 2.75) is 6.92 Å². The molecule has 0 unspecified atom stereocenters. The molecule has 1 amide bonds. The molecule has 0 atom stereocenters. The van der Waals surface area contributed by atoms with Gasteiger partial charge in [-0.05, 0) is 13.0 Å². The van der Waals surface area contributed by atoms with Crippen LogP contribution in [0.4, 0.5) is 5.69 Å². The number of aromatic carboxylic acids is 1. The standard InChI is InChI=1S/C11H11NO5/c1-2-17-11(16)9(13)12-8-6-4-3-5-7(8)10(14)15/h3-6H,2H2,1H3,(H,12,13)(H,14,15)/p-1. The minimum absolute atomic E-state index is 0.00875. The lowest BCUT2D eigenvalue weighted by Crippen LogP contribution is -2.28. The Balaban J connectivity index is 2.85. The van der Waals surface area contributed by atoms with Crippen LogP contribution in [0.1, 0.15) is 17.3 Å². The third-order valence-corrected chi connectivity index (χ3v) is 1.86. The van der Waals surface area contributed by atoms with Gasteiger partial charge < -0.3 is 20.0 Å². The van der Waals surface area contributed by atoms with Crippen LogP contribution >= 0.6 is 0 Å². The van der Waals surface area contributed by atoms with Gasteiger partial charge in [0.05, 0.1) is 18.3 Å². The van der Waals surface area contributed by atoms with Crippen molar-refractivity contribution in [3.8, 4) is 0 Å². The lowest BCUT2D eigenvalue weighted by Gasteiger charge is -2.10. The van der Waals surface area contributed by atoms with Gasteiger partial charge in [-0.3, -0.25) is 4.79 Å². The summed E-state index contributed by atoms with van der Waals surface area (Å²) >= 11 is 0. The third kappa shape index (κ3) is 3.30. The Hall–Kier alpha value is -2.37. The summed E-state index contributed by atoms with van der Waals surface area (Å²) in [4.78, 5) is 33.0. The first kappa shape index (κ1) is 12.7. The molecule has 0 aromatic heterocycles. The van der Waals surface area contributed by atoms with E-state index >= 15 is 0 Å². The average Bonchev–Trinajstić information content (AvgIpc) is 2.29. The summed E-state index contributed by atoms with van der Waals surface area (Å²) in [6.45, 7) is 1.62. The number of esters is 1. The van der Waals surface area contributed by atoms with Crippen LogP contribution in [0.3, 0.4) is 0 Å². The van der Waals surface area contributed by atoms with E-state index in [1.807, 2.05) is 0 Å². The Bertz CT molecular complexity index is 455. The van der Waals surface area contributed by atoms with Crippen LogP contribution in [0.25, 0.3) is 0 Å². The fourth-order valence-electron chi connectivity index (χ4n) is 1.14. The van der Waals surface area contributed by atoms with E-state index in [1.165, 1.54) is 24.3 Å². The van der Waals surface area contributed by atoms with E-state index in [0.29, 0.717) is 0 Å². The molecule has 6 heteroatoms. The van der Waals surface area contributed by atoms with Crippen molar-refractivity contribution < 1.29 is 24.2 Å². The molecule has 1 rings (SSSR count). The number of carboxylic acid groups (broad SMARTS) is 1. The van der Waals surface area contributed by atoms with Gasteiger partial charge in [-0.15, -0.1) is 0 Å². The number of benzene rings is 1. The number of rotatable bonds is 3. The van der Waals surface area contributed by atoms with Gasteiger partial charge in [0.1, 0.15) is 0 Å². The SMILES string of the molecule is CCOC(=O)C(=O)Nc1ccccc1C(=O)[O-]. The predicted molar refractivity (Wildman–Crippen MR) is 56.0 cm³/mol. The highest BCUT2D eigenvalue weighted by atomic mass is 16.5. The van der Waals surface area contributed by atoms with Gasteiger partial charge >= 0.3 is 11.9 Å². The Morgan fingerprint density at radius 2 is 1.94 bits per heavy atom. The number of carbonyl (C=O) groups is 3. The molecule has 90 valence electrons. The summed E-state index contributed by atoms with van der Waals surface area (Å²) in [6.07, 6.45) is 0. The van der Waals surface area contributed by atoms with Crippen molar-refractivity contribution in [2.24, 2.45) is 0 Å². The minimum atomic E-state index is -1.44. The van der Waals surface area contributed by atoms with Gasteiger partial charge in [0.15, 0.2) is 0 Å². The van der Waals surface area contributed by atoms with E-state index in [-0.39, 0.29) is 17.9 Å². The number of amides is 1. The summed E-state index contributed by atoms with van der Waals surface area (Å²) in [5, 5.41) is 12.9. The van der Waals surface area contributed by atoms with Crippen LogP contribution in [0.5, 0.6) is 0 Å². The Labute approximate surface area is 97.2 Å². The maximum atomic E-state index is 11.3. The molecule has 0 spiro atoms. The molecule has 0 aliphatic heterocycles. The van der Waals surface area contributed by atoms with Crippen molar-refractivity contribution in [3.63, 3.8) is 0 Å². The molecule has 0 heterocycles. The topological polar surface area (TPSA) is 95.5 Å². The van der Waals surface area contributed by atoms with Gasteiger partial charge in [0, 0.05) is 5.56 Å². The number of carbonyl (C=O) groups excluding carboxylic acids is 3. The molecular formula is C11H10NO5-. The number of carboxylic acids is 1. The molecule has 1 aromatic carbocycles. The molecule has 0 saturated carbocycles. The largest absolute Gasteiger partial charge is 0.545 e. The smallest absolute Gasteiger partial charge is 0.397 e. The molecule has 1 N–H and O–H groups in total. The monoisotopic (exact) mass is 236 g/mol. The molecule has 0 aliphatic carbocycles. The number of nitrogens with one attached hydrogen (secondary N) is 1. The Morgan fingerprint density at radius 1 is 1.29 bits per heavy atom. The van der Waals surface area contributed by atoms with E-state index in [4.69, 9.17) is 0 Å². The zero-order chi connectivity index (χ0) is 12.8. The van der Waals surface area contributed by atoms with E-state index in [2.05, 4.69) is 10.1 Å². The van der Waals surface area contributed by atoms with E-state index in [9.17, 15) is 19.5 Å². The van der Waals surface area contributed by atoms with Crippen molar-refractivity contribution in [3.05, 3.63) is 29.8 Å². The highest BCUT2D eigenvalue weighted by Crippen LogP contribution is 2.13. The molecular weight excluding hydrogens is 226 g/mol. The Kier molecular flexibility index (Phi) is 4.21. The summed E-state index contributed by atoms with van der Waals surface area (Å²) in [6, 6.07) is 5.61. The second-order valence-electron chi connectivity index (χ2n) is 3.01. The van der Waals surface area contributed by atoms with Crippen molar-refractivity contribution >= 4 is 23.5 Å². The molecule has 0 fully saturated rings. The zero-order valence-corrected chi connectivity index (χ0v) is 9.06. The molecule has 17 heavy (non-hydrogen) atoms. The first-order valence-corrected chi connectivity index (χ1v) is 4.84. The lowest BCUT2D eigenvalue weighted by atomic mass is 10.2. The number of para-hydroxylation sites is 1. The van der Waals surface area contributed by atoms with Gasteiger partial charge in [-0.25, -0.2) is 4.79 Å². The molecule has 0 bridgehead atoms. The fraction of sp³-hybridized carbons (Fsp3) is 0.182.